The molecule has 4 heterocycles. The number of fused-ring (bicyclic) bond motifs is 3. The molecule has 158 valence electrons. The molecular weight excluding hydrogens is 401 g/mol. The van der Waals surface area contributed by atoms with Gasteiger partial charge in [0.15, 0.2) is 17.1 Å². The number of furan rings is 1. The van der Waals surface area contributed by atoms with Gasteiger partial charge in [0.25, 0.3) is 0 Å². The first kappa shape index (κ1) is 19.0. The molecule has 0 spiro atoms. The summed E-state index contributed by atoms with van der Waals surface area (Å²) in [5.41, 5.74) is 8.55. The van der Waals surface area contributed by atoms with Crippen LogP contribution in [-0.4, -0.2) is 42.6 Å². The molecule has 0 amide bonds. The fraction of sp³-hybridized carbons (Fsp3) is 0.238. The van der Waals surface area contributed by atoms with Crippen molar-refractivity contribution >= 4 is 22.6 Å². The van der Waals surface area contributed by atoms with Crippen LogP contribution in [0.4, 0.5) is 10.3 Å². The van der Waals surface area contributed by atoms with E-state index in [4.69, 9.17) is 14.9 Å². The van der Waals surface area contributed by atoms with Crippen LogP contribution in [0.1, 0.15) is 12.0 Å². The number of ether oxygens (including phenoxy) is 1. The predicted octanol–water partition coefficient (Wildman–Crippen LogP) is 3.30. The Hall–Kier alpha value is -3.95. The van der Waals surface area contributed by atoms with Crippen LogP contribution in [0.3, 0.4) is 0 Å². The highest BCUT2D eigenvalue weighted by molar-refractivity contribution is 5.90. The maximum absolute atomic E-state index is 12.2. The van der Waals surface area contributed by atoms with Crippen LogP contribution in [-0.2, 0) is 13.0 Å². The van der Waals surface area contributed by atoms with Gasteiger partial charge in [-0.3, -0.25) is 0 Å². The predicted molar refractivity (Wildman–Crippen MR) is 112 cm³/mol. The fourth-order valence-corrected chi connectivity index (χ4v) is 3.47. The van der Waals surface area contributed by atoms with Gasteiger partial charge in [-0.05, 0) is 42.7 Å². The van der Waals surface area contributed by atoms with Crippen LogP contribution in [0.5, 0.6) is 5.75 Å². The van der Waals surface area contributed by atoms with Crippen LogP contribution in [0.2, 0.25) is 0 Å². The van der Waals surface area contributed by atoms with E-state index in [0.717, 1.165) is 18.2 Å². The second-order valence-electron chi connectivity index (χ2n) is 7.01. The Labute approximate surface area is 176 Å². The minimum Gasteiger partial charge on any atom is -0.491 e. The topological polar surface area (TPSA) is 109 Å². The summed E-state index contributed by atoms with van der Waals surface area (Å²) in [5.74, 6) is 1.91. The average Bonchev–Trinajstić information content (AvgIpc) is 3.53. The number of hydrogen-bond acceptors (Lipinski definition) is 7. The lowest BCUT2D eigenvalue weighted by Gasteiger charge is -2.06. The molecule has 0 aliphatic rings. The van der Waals surface area contributed by atoms with Gasteiger partial charge in [0, 0.05) is 6.54 Å². The van der Waals surface area contributed by atoms with Crippen LogP contribution in [0, 0.1) is 0 Å². The summed E-state index contributed by atoms with van der Waals surface area (Å²) >= 11 is 0. The van der Waals surface area contributed by atoms with Crippen molar-refractivity contribution in [3.63, 3.8) is 0 Å². The largest absolute Gasteiger partial charge is 0.491 e. The van der Waals surface area contributed by atoms with Crippen molar-refractivity contribution in [2.24, 2.45) is 0 Å². The quantitative estimate of drug-likeness (QED) is 0.409. The normalized spacial score (nSPS) is 11.5. The molecule has 10 heteroatoms. The first-order chi connectivity index (χ1) is 15.2. The molecule has 0 aliphatic heterocycles. The van der Waals surface area contributed by atoms with Crippen LogP contribution < -0.4 is 10.5 Å². The minimum absolute atomic E-state index is 0.0736. The van der Waals surface area contributed by atoms with E-state index in [1.54, 1.807) is 24.6 Å². The lowest BCUT2D eigenvalue weighted by atomic mass is 10.1. The standard InChI is InChI=1S/C21H20FN7O2/c22-9-12-30-15-7-5-14(6-8-15)3-1-10-28-19-16(13-24-28)20-25-18(17-4-2-11-31-17)27-29(20)21(23)26-19/h2,4-8,11,13H,1,3,9-10,12H2,(H2,23,26). The average molecular weight is 421 g/mol. The summed E-state index contributed by atoms with van der Waals surface area (Å²) in [6.07, 6.45) is 5.02. The van der Waals surface area contributed by atoms with Gasteiger partial charge in [0.05, 0.1) is 17.8 Å². The molecular formula is C21H20FN7O2. The summed E-state index contributed by atoms with van der Waals surface area (Å²) < 4.78 is 26.2. The summed E-state index contributed by atoms with van der Waals surface area (Å²) in [5, 5.41) is 9.65. The molecule has 9 nitrogen and oxygen atoms in total. The second-order valence-corrected chi connectivity index (χ2v) is 7.01. The van der Waals surface area contributed by atoms with E-state index in [-0.39, 0.29) is 12.6 Å². The zero-order chi connectivity index (χ0) is 21.2. The van der Waals surface area contributed by atoms with Gasteiger partial charge in [-0.1, -0.05) is 12.1 Å². The van der Waals surface area contributed by atoms with Crippen LogP contribution in [0.25, 0.3) is 28.3 Å². The Morgan fingerprint density at radius 3 is 2.74 bits per heavy atom. The van der Waals surface area contributed by atoms with E-state index in [9.17, 15) is 4.39 Å². The third kappa shape index (κ3) is 3.67. The number of rotatable bonds is 8. The fourth-order valence-electron chi connectivity index (χ4n) is 3.47. The molecule has 0 bridgehead atoms. The summed E-state index contributed by atoms with van der Waals surface area (Å²) in [7, 11) is 0. The number of alkyl halides is 1. The number of nitrogens with zero attached hydrogens (tertiary/aromatic N) is 6. The van der Waals surface area contributed by atoms with Gasteiger partial charge in [-0.25, -0.2) is 14.1 Å². The Balaban J connectivity index is 1.33. The molecule has 2 N–H and O–H groups in total. The Bertz CT molecular complexity index is 1310. The van der Waals surface area contributed by atoms with Crippen LogP contribution in [0.15, 0.2) is 53.3 Å². The third-order valence-electron chi connectivity index (χ3n) is 4.94. The number of aromatic nitrogens is 6. The van der Waals surface area contributed by atoms with Crippen molar-refractivity contribution in [2.45, 2.75) is 19.4 Å². The second kappa shape index (κ2) is 8.05. The molecule has 31 heavy (non-hydrogen) atoms. The lowest BCUT2D eigenvalue weighted by Crippen LogP contribution is -2.06. The van der Waals surface area contributed by atoms with Crippen molar-refractivity contribution in [2.75, 3.05) is 19.0 Å². The van der Waals surface area contributed by atoms with E-state index >= 15 is 0 Å². The molecule has 4 aromatic heterocycles. The molecule has 0 radical (unpaired) electrons. The molecule has 0 fully saturated rings. The van der Waals surface area contributed by atoms with E-state index in [1.807, 2.05) is 28.9 Å². The SMILES string of the molecule is Nc1nc2c(cnn2CCCc2ccc(OCCF)cc2)c2nc(-c3ccco3)nn12. The van der Waals surface area contributed by atoms with Crippen molar-refractivity contribution < 1.29 is 13.5 Å². The number of hydrogen-bond donors (Lipinski definition) is 1. The zero-order valence-corrected chi connectivity index (χ0v) is 16.6. The Morgan fingerprint density at radius 2 is 1.97 bits per heavy atom. The van der Waals surface area contributed by atoms with E-state index in [2.05, 4.69) is 20.2 Å². The van der Waals surface area contributed by atoms with Gasteiger partial charge in [0.2, 0.25) is 11.8 Å². The molecule has 0 unspecified atom stereocenters. The molecule has 0 saturated carbocycles. The molecule has 5 rings (SSSR count). The van der Waals surface area contributed by atoms with Gasteiger partial charge in [-0.2, -0.15) is 14.6 Å². The van der Waals surface area contributed by atoms with Gasteiger partial charge in [-0.15, -0.1) is 5.10 Å². The minimum atomic E-state index is -0.497. The van der Waals surface area contributed by atoms with Gasteiger partial charge >= 0.3 is 0 Å². The summed E-state index contributed by atoms with van der Waals surface area (Å²) in [6.45, 7) is 0.249. The highest BCUT2D eigenvalue weighted by Crippen LogP contribution is 2.23. The summed E-state index contributed by atoms with van der Waals surface area (Å²) in [4.78, 5) is 9.05. The number of nitrogens with two attached hydrogens (primary N) is 1. The monoisotopic (exact) mass is 421 g/mol. The summed E-state index contributed by atoms with van der Waals surface area (Å²) in [6, 6.07) is 11.3. The first-order valence-electron chi connectivity index (χ1n) is 9.92. The molecule has 5 aromatic rings. The number of anilines is 1. The molecule has 0 atom stereocenters. The molecule has 0 aliphatic carbocycles. The van der Waals surface area contributed by atoms with E-state index in [0.29, 0.717) is 35.2 Å². The number of halogens is 1. The lowest BCUT2D eigenvalue weighted by molar-refractivity contribution is 0.273. The first-order valence-corrected chi connectivity index (χ1v) is 9.92. The van der Waals surface area contributed by atoms with Gasteiger partial charge in [0.1, 0.15) is 19.0 Å². The smallest absolute Gasteiger partial charge is 0.225 e. The van der Waals surface area contributed by atoms with Crippen molar-refractivity contribution in [3.05, 3.63) is 54.4 Å². The van der Waals surface area contributed by atoms with E-state index in [1.165, 1.54) is 10.1 Å². The maximum Gasteiger partial charge on any atom is 0.225 e. The van der Waals surface area contributed by atoms with Crippen molar-refractivity contribution in [3.8, 4) is 17.3 Å². The maximum atomic E-state index is 12.2. The highest BCUT2D eigenvalue weighted by Gasteiger charge is 2.17. The number of aryl methyl sites for hydroxylation is 2. The Kier molecular flexibility index (Phi) is 4.95. The number of benzene rings is 1. The van der Waals surface area contributed by atoms with Gasteiger partial charge < -0.3 is 14.9 Å². The van der Waals surface area contributed by atoms with Crippen molar-refractivity contribution in [1.82, 2.24) is 29.4 Å². The zero-order valence-electron chi connectivity index (χ0n) is 16.6. The Morgan fingerprint density at radius 1 is 1.10 bits per heavy atom. The molecule has 0 saturated heterocycles. The molecule has 1 aromatic carbocycles. The van der Waals surface area contributed by atoms with Crippen LogP contribution >= 0.6 is 0 Å². The van der Waals surface area contributed by atoms with Crippen molar-refractivity contribution in [1.29, 1.82) is 0 Å². The highest BCUT2D eigenvalue weighted by atomic mass is 19.1. The number of nitrogen functional groups attached to an aromatic ring is 1. The van der Waals surface area contributed by atoms with E-state index < -0.39 is 6.67 Å². The third-order valence-corrected chi connectivity index (χ3v) is 4.94.